The lowest BCUT2D eigenvalue weighted by atomic mass is 10.1. The normalized spacial score (nSPS) is 12.9. The zero-order valence-corrected chi connectivity index (χ0v) is 8.62. The van der Waals surface area contributed by atoms with Crippen LogP contribution in [0.1, 0.15) is 11.7 Å². The molecule has 78 valence electrons. The third-order valence-electron chi connectivity index (χ3n) is 1.76. The molecular formula is C8H9BrFNO3. The number of aromatic hydroxyl groups is 2. The topological polar surface area (TPSA) is 86.7 Å². The summed E-state index contributed by atoms with van der Waals surface area (Å²) >= 11 is 2.86. The minimum Gasteiger partial charge on any atom is -0.504 e. The zero-order valence-electron chi connectivity index (χ0n) is 7.04. The number of halogens is 2. The van der Waals surface area contributed by atoms with E-state index in [0.29, 0.717) is 6.07 Å². The van der Waals surface area contributed by atoms with Crippen LogP contribution in [-0.4, -0.2) is 21.9 Å². The Labute approximate surface area is 87.9 Å². The van der Waals surface area contributed by atoms with E-state index < -0.39 is 23.4 Å². The van der Waals surface area contributed by atoms with Crippen molar-refractivity contribution < 1.29 is 19.7 Å². The lowest BCUT2D eigenvalue weighted by Crippen LogP contribution is -2.13. The Morgan fingerprint density at radius 1 is 1.50 bits per heavy atom. The molecule has 0 amide bonds. The van der Waals surface area contributed by atoms with Crippen molar-refractivity contribution in [2.75, 3.05) is 6.54 Å². The van der Waals surface area contributed by atoms with Crippen LogP contribution in [0, 0.1) is 5.82 Å². The van der Waals surface area contributed by atoms with Crippen LogP contribution < -0.4 is 5.73 Å². The van der Waals surface area contributed by atoms with Crippen molar-refractivity contribution in [2.45, 2.75) is 6.10 Å². The second-order valence-corrected chi connectivity index (χ2v) is 3.50. The smallest absolute Gasteiger partial charge is 0.172 e. The fraction of sp³-hybridized carbons (Fsp3) is 0.250. The highest BCUT2D eigenvalue weighted by atomic mass is 79.9. The number of aliphatic hydroxyl groups excluding tert-OH is 1. The van der Waals surface area contributed by atoms with Gasteiger partial charge < -0.3 is 21.1 Å². The molecule has 0 aromatic heterocycles. The van der Waals surface area contributed by atoms with Gasteiger partial charge in [0, 0.05) is 18.2 Å². The number of rotatable bonds is 2. The van der Waals surface area contributed by atoms with Crippen LogP contribution >= 0.6 is 15.9 Å². The maximum Gasteiger partial charge on any atom is 0.172 e. The molecule has 1 atom stereocenters. The molecule has 0 saturated carbocycles. The quantitative estimate of drug-likeness (QED) is 0.601. The predicted octanol–water partition coefficient (Wildman–Crippen LogP) is 0.991. The van der Waals surface area contributed by atoms with Gasteiger partial charge in [-0.3, -0.25) is 0 Å². The van der Waals surface area contributed by atoms with Crippen LogP contribution in [0.4, 0.5) is 4.39 Å². The SMILES string of the molecule is NCC(O)c1c(F)cc(O)c(O)c1Br. The molecule has 0 bridgehead atoms. The van der Waals surface area contributed by atoms with Gasteiger partial charge in [0.25, 0.3) is 0 Å². The maximum atomic E-state index is 13.2. The highest BCUT2D eigenvalue weighted by Gasteiger charge is 2.20. The van der Waals surface area contributed by atoms with Crippen molar-refractivity contribution in [1.82, 2.24) is 0 Å². The molecule has 0 aliphatic rings. The van der Waals surface area contributed by atoms with E-state index >= 15 is 0 Å². The fourth-order valence-corrected chi connectivity index (χ4v) is 1.69. The van der Waals surface area contributed by atoms with Crippen molar-refractivity contribution in [2.24, 2.45) is 5.73 Å². The van der Waals surface area contributed by atoms with Gasteiger partial charge in [0.15, 0.2) is 11.5 Å². The van der Waals surface area contributed by atoms with E-state index in [1.807, 2.05) is 0 Å². The fourth-order valence-electron chi connectivity index (χ4n) is 1.03. The Morgan fingerprint density at radius 2 is 2.07 bits per heavy atom. The number of phenolic OH excluding ortho intramolecular Hbond substituents is 2. The lowest BCUT2D eigenvalue weighted by Gasteiger charge is -2.13. The van der Waals surface area contributed by atoms with Gasteiger partial charge in [-0.2, -0.15) is 0 Å². The molecule has 6 heteroatoms. The third-order valence-corrected chi connectivity index (χ3v) is 2.57. The summed E-state index contributed by atoms with van der Waals surface area (Å²) in [5.74, 6) is -1.94. The molecule has 0 spiro atoms. The van der Waals surface area contributed by atoms with E-state index in [2.05, 4.69) is 15.9 Å². The van der Waals surface area contributed by atoms with Gasteiger partial charge in [-0.1, -0.05) is 0 Å². The summed E-state index contributed by atoms with van der Waals surface area (Å²) in [6.07, 6.45) is -1.23. The molecule has 0 saturated heterocycles. The molecule has 0 aliphatic heterocycles. The van der Waals surface area contributed by atoms with Crippen molar-refractivity contribution in [3.8, 4) is 11.5 Å². The first-order valence-corrected chi connectivity index (χ1v) is 4.56. The van der Waals surface area contributed by atoms with Gasteiger partial charge in [0.05, 0.1) is 10.6 Å². The van der Waals surface area contributed by atoms with Gasteiger partial charge in [-0.05, 0) is 15.9 Å². The predicted molar refractivity (Wildman–Crippen MR) is 51.4 cm³/mol. The summed E-state index contributed by atoms with van der Waals surface area (Å²) in [5, 5.41) is 27.6. The van der Waals surface area contributed by atoms with Crippen molar-refractivity contribution in [1.29, 1.82) is 0 Å². The number of benzene rings is 1. The number of nitrogens with two attached hydrogens (primary N) is 1. The Morgan fingerprint density at radius 3 is 2.57 bits per heavy atom. The molecule has 1 aromatic rings. The molecule has 4 nitrogen and oxygen atoms in total. The minimum atomic E-state index is -1.23. The Bertz CT molecular complexity index is 359. The molecule has 0 fully saturated rings. The zero-order chi connectivity index (χ0) is 10.9. The lowest BCUT2D eigenvalue weighted by molar-refractivity contribution is 0.180. The van der Waals surface area contributed by atoms with E-state index in [4.69, 9.17) is 10.8 Å². The maximum absolute atomic E-state index is 13.2. The summed E-state index contributed by atoms with van der Waals surface area (Å²) in [6.45, 7) is -0.181. The summed E-state index contributed by atoms with van der Waals surface area (Å²) in [4.78, 5) is 0. The van der Waals surface area contributed by atoms with E-state index in [-0.39, 0.29) is 16.6 Å². The Hall–Kier alpha value is -0.850. The molecule has 1 unspecified atom stereocenters. The number of hydrogen-bond acceptors (Lipinski definition) is 4. The summed E-state index contributed by atoms with van der Waals surface area (Å²) < 4.78 is 13.1. The highest BCUT2D eigenvalue weighted by Crippen LogP contribution is 2.39. The van der Waals surface area contributed by atoms with Crippen molar-refractivity contribution in [3.63, 3.8) is 0 Å². The van der Waals surface area contributed by atoms with Gasteiger partial charge in [-0.15, -0.1) is 0 Å². The van der Waals surface area contributed by atoms with E-state index in [9.17, 15) is 14.6 Å². The van der Waals surface area contributed by atoms with Crippen LogP contribution in [-0.2, 0) is 0 Å². The molecule has 14 heavy (non-hydrogen) atoms. The van der Waals surface area contributed by atoms with Crippen LogP contribution in [0.25, 0.3) is 0 Å². The first-order chi connectivity index (χ1) is 6.49. The largest absolute Gasteiger partial charge is 0.504 e. The first-order valence-electron chi connectivity index (χ1n) is 3.77. The van der Waals surface area contributed by atoms with E-state index in [1.54, 1.807) is 0 Å². The first kappa shape index (κ1) is 11.2. The van der Waals surface area contributed by atoms with Gasteiger partial charge in [-0.25, -0.2) is 4.39 Å². The van der Waals surface area contributed by atoms with Crippen LogP contribution in [0.2, 0.25) is 0 Å². The van der Waals surface area contributed by atoms with E-state index in [1.165, 1.54) is 0 Å². The monoisotopic (exact) mass is 265 g/mol. The number of hydrogen-bond donors (Lipinski definition) is 4. The summed E-state index contributed by atoms with van der Waals surface area (Å²) in [7, 11) is 0. The average Bonchev–Trinajstić information content (AvgIpc) is 2.14. The second-order valence-electron chi connectivity index (χ2n) is 2.71. The molecule has 0 heterocycles. The number of phenols is 2. The van der Waals surface area contributed by atoms with Gasteiger partial charge in [0.2, 0.25) is 0 Å². The third kappa shape index (κ3) is 1.82. The minimum absolute atomic E-state index is 0.0899. The second kappa shape index (κ2) is 4.12. The Kier molecular flexibility index (Phi) is 3.30. The molecule has 1 rings (SSSR count). The molecular weight excluding hydrogens is 257 g/mol. The standard InChI is InChI=1S/C8H9BrFNO3/c9-7-6(5(13)2-11)3(10)1-4(12)8(7)14/h1,5,12-14H,2,11H2. The van der Waals surface area contributed by atoms with Gasteiger partial charge >= 0.3 is 0 Å². The van der Waals surface area contributed by atoms with Crippen LogP contribution in [0.5, 0.6) is 11.5 Å². The van der Waals surface area contributed by atoms with Crippen molar-refractivity contribution in [3.05, 3.63) is 21.9 Å². The summed E-state index contributed by atoms with van der Waals surface area (Å²) in [6, 6.07) is 0.717. The van der Waals surface area contributed by atoms with Crippen LogP contribution in [0.3, 0.4) is 0 Å². The average molecular weight is 266 g/mol. The highest BCUT2D eigenvalue weighted by molar-refractivity contribution is 9.10. The molecule has 0 aliphatic carbocycles. The summed E-state index contributed by atoms with van der Waals surface area (Å²) in [5.41, 5.74) is 4.98. The molecule has 1 aromatic carbocycles. The van der Waals surface area contributed by atoms with Crippen molar-refractivity contribution >= 4 is 15.9 Å². The molecule has 0 radical (unpaired) electrons. The van der Waals surface area contributed by atoms with Crippen LogP contribution in [0.15, 0.2) is 10.5 Å². The number of aliphatic hydroxyl groups is 1. The molecule has 5 N–H and O–H groups in total. The Balaban J connectivity index is 3.36. The van der Waals surface area contributed by atoms with Gasteiger partial charge in [0.1, 0.15) is 5.82 Å². The van der Waals surface area contributed by atoms with E-state index in [0.717, 1.165) is 0 Å².